The van der Waals surface area contributed by atoms with Crippen LogP contribution >= 0.6 is 11.6 Å². The van der Waals surface area contributed by atoms with Crippen LogP contribution in [-0.4, -0.2) is 15.4 Å². The first-order valence-electron chi connectivity index (χ1n) is 8.36. The van der Waals surface area contributed by atoms with Crippen LogP contribution in [0, 0.1) is 17.0 Å². The molecule has 142 valence electrons. The number of carbonyl (C=O) groups excluding carboxylic acids is 1. The summed E-state index contributed by atoms with van der Waals surface area (Å²) in [6.07, 6.45) is 1.57. The molecule has 28 heavy (non-hydrogen) atoms. The van der Waals surface area contributed by atoms with Gasteiger partial charge in [-0.25, -0.2) is 0 Å². The fraction of sp³-hybridized carbons (Fsp3) is 0.100. The van der Waals surface area contributed by atoms with Gasteiger partial charge in [0.1, 0.15) is 5.56 Å². The average molecular weight is 398 g/mol. The molecule has 0 saturated carbocycles. The average Bonchev–Trinajstić information content (AvgIpc) is 2.66. The Labute approximate surface area is 165 Å². The number of carbonyl (C=O) groups is 1. The van der Waals surface area contributed by atoms with Crippen LogP contribution in [0.15, 0.2) is 65.6 Å². The number of hydrogen-bond donors (Lipinski definition) is 1. The van der Waals surface area contributed by atoms with Crippen molar-refractivity contribution in [1.29, 1.82) is 0 Å². The second-order valence-electron chi connectivity index (χ2n) is 6.16. The van der Waals surface area contributed by atoms with Gasteiger partial charge in [0.05, 0.1) is 17.2 Å². The van der Waals surface area contributed by atoms with E-state index in [1.807, 2.05) is 6.07 Å². The van der Waals surface area contributed by atoms with Gasteiger partial charge in [0.2, 0.25) is 0 Å². The largest absolute Gasteiger partial charge is 0.321 e. The Bertz CT molecular complexity index is 1120. The molecule has 3 rings (SSSR count). The van der Waals surface area contributed by atoms with Crippen LogP contribution in [0.4, 0.5) is 11.4 Å². The number of nitro benzene ring substituents is 1. The molecular weight excluding hydrogens is 382 g/mol. The molecule has 0 aliphatic carbocycles. The van der Waals surface area contributed by atoms with Crippen molar-refractivity contribution < 1.29 is 9.72 Å². The van der Waals surface area contributed by atoms with E-state index in [-0.39, 0.29) is 23.5 Å². The zero-order valence-corrected chi connectivity index (χ0v) is 15.6. The van der Waals surface area contributed by atoms with Gasteiger partial charge in [-0.15, -0.1) is 0 Å². The number of rotatable bonds is 5. The number of halogens is 1. The third-order valence-corrected chi connectivity index (χ3v) is 4.61. The lowest BCUT2D eigenvalue weighted by atomic mass is 10.1. The normalized spacial score (nSPS) is 10.5. The molecule has 1 aromatic heterocycles. The number of benzene rings is 2. The molecule has 0 bridgehead atoms. The SMILES string of the molecule is Cc1ccc([N+](=O)[O-])cc1NC(=O)c1cccn(Cc2ccccc2Cl)c1=O. The Morgan fingerprint density at radius 1 is 1.18 bits per heavy atom. The number of amides is 1. The van der Waals surface area contributed by atoms with Crippen LogP contribution in [-0.2, 0) is 6.54 Å². The van der Waals surface area contributed by atoms with Gasteiger partial charge < -0.3 is 9.88 Å². The van der Waals surface area contributed by atoms with Crippen molar-refractivity contribution in [2.75, 3.05) is 5.32 Å². The van der Waals surface area contributed by atoms with Crippen molar-refractivity contribution in [2.24, 2.45) is 0 Å². The molecule has 0 radical (unpaired) electrons. The molecule has 1 heterocycles. The number of pyridine rings is 1. The second-order valence-corrected chi connectivity index (χ2v) is 6.56. The van der Waals surface area contributed by atoms with Gasteiger partial charge in [-0.3, -0.25) is 19.7 Å². The Kier molecular flexibility index (Phi) is 5.56. The van der Waals surface area contributed by atoms with Crippen LogP contribution < -0.4 is 10.9 Å². The molecule has 2 aromatic carbocycles. The van der Waals surface area contributed by atoms with Crippen molar-refractivity contribution in [3.63, 3.8) is 0 Å². The summed E-state index contributed by atoms with van der Waals surface area (Å²) in [5.41, 5.74) is 0.971. The minimum Gasteiger partial charge on any atom is -0.321 e. The minimum atomic E-state index is -0.637. The third-order valence-electron chi connectivity index (χ3n) is 4.24. The van der Waals surface area contributed by atoms with Gasteiger partial charge in [0.15, 0.2) is 0 Å². The number of aromatic nitrogens is 1. The van der Waals surface area contributed by atoms with E-state index < -0.39 is 16.4 Å². The smallest absolute Gasteiger partial charge is 0.271 e. The summed E-state index contributed by atoms with van der Waals surface area (Å²) in [7, 11) is 0. The lowest BCUT2D eigenvalue weighted by Crippen LogP contribution is -2.29. The zero-order chi connectivity index (χ0) is 20.3. The van der Waals surface area contributed by atoms with Gasteiger partial charge in [0.25, 0.3) is 17.2 Å². The molecule has 0 atom stereocenters. The lowest BCUT2D eigenvalue weighted by Gasteiger charge is -2.11. The molecule has 7 nitrogen and oxygen atoms in total. The van der Waals surface area contributed by atoms with E-state index in [1.165, 1.54) is 28.8 Å². The highest BCUT2D eigenvalue weighted by Crippen LogP contribution is 2.22. The maximum Gasteiger partial charge on any atom is 0.271 e. The summed E-state index contributed by atoms with van der Waals surface area (Å²) in [5.74, 6) is -0.637. The van der Waals surface area contributed by atoms with E-state index in [4.69, 9.17) is 11.6 Å². The monoisotopic (exact) mass is 397 g/mol. The predicted octanol–water partition coefficient (Wildman–Crippen LogP) is 4.02. The fourth-order valence-electron chi connectivity index (χ4n) is 2.69. The van der Waals surface area contributed by atoms with Crippen LogP contribution in [0.3, 0.4) is 0 Å². The summed E-state index contributed by atoms with van der Waals surface area (Å²) in [6.45, 7) is 1.93. The maximum atomic E-state index is 12.7. The van der Waals surface area contributed by atoms with Gasteiger partial charge in [-0.05, 0) is 36.2 Å². The Morgan fingerprint density at radius 3 is 2.64 bits per heavy atom. The number of hydrogen-bond acceptors (Lipinski definition) is 4. The Balaban J connectivity index is 1.89. The Hall–Kier alpha value is -3.45. The molecule has 0 saturated heterocycles. The molecule has 1 N–H and O–H groups in total. The van der Waals surface area contributed by atoms with Gasteiger partial charge >= 0.3 is 0 Å². The van der Waals surface area contributed by atoms with Crippen molar-refractivity contribution in [3.05, 3.63) is 103 Å². The summed E-state index contributed by atoms with van der Waals surface area (Å²) >= 11 is 6.14. The first kappa shape index (κ1) is 19.3. The standard InChI is InChI=1S/C20H16ClN3O4/c1-13-8-9-15(24(27)28)11-18(13)22-19(25)16-6-4-10-23(20(16)26)12-14-5-2-3-7-17(14)21/h2-11H,12H2,1H3,(H,22,25). The highest BCUT2D eigenvalue weighted by atomic mass is 35.5. The zero-order valence-electron chi connectivity index (χ0n) is 14.9. The second kappa shape index (κ2) is 8.06. The van der Waals surface area contributed by atoms with Crippen molar-refractivity contribution in [3.8, 4) is 0 Å². The van der Waals surface area contributed by atoms with Gasteiger partial charge in [-0.1, -0.05) is 35.9 Å². The quantitative estimate of drug-likeness (QED) is 0.519. The number of non-ortho nitro benzene ring substituents is 1. The summed E-state index contributed by atoms with van der Waals surface area (Å²) in [5, 5.41) is 14.1. The van der Waals surface area contributed by atoms with Crippen molar-refractivity contribution >= 4 is 28.9 Å². The molecule has 0 spiro atoms. The Morgan fingerprint density at radius 2 is 1.93 bits per heavy atom. The van der Waals surface area contributed by atoms with E-state index in [0.717, 1.165) is 5.56 Å². The van der Waals surface area contributed by atoms with Crippen LogP contribution in [0.1, 0.15) is 21.5 Å². The van der Waals surface area contributed by atoms with E-state index in [9.17, 15) is 19.7 Å². The van der Waals surface area contributed by atoms with E-state index in [1.54, 1.807) is 37.4 Å². The van der Waals surface area contributed by atoms with Crippen LogP contribution in [0.2, 0.25) is 5.02 Å². The minimum absolute atomic E-state index is 0.0690. The predicted molar refractivity (Wildman–Crippen MR) is 107 cm³/mol. The molecule has 3 aromatic rings. The third kappa shape index (κ3) is 4.10. The maximum absolute atomic E-state index is 12.7. The number of aryl methyl sites for hydroxylation is 1. The number of anilines is 1. The molecule has 0 fully saturated rings. The van der Waals surface area contributed by atoms with Crippen LogP contribution in [0.5, 0.6) is 0 Å². The summed E-state index contributed by atoms with van der Waals surface area (Å²) in [4.78, 5) is 35.7. The molecule has 0 unspecified atom stereocenters. The van der Waals surface area contributed by atoms with Crippen molar-refractivity contribution in [1.82, 2.24) is 4.57 Å². The van der Waals surface area contributed by atoms with Gasteiger partial charge in [-0.2, -0.15) is 0 Å². The number of nitrogens with zero attached hydrogens (tertiary/aromatic N) is 2. The van der Waals surface area contributed by atoms with E-state index in [2.05, 4.69) is 5.32 Å². The molecule has 0 aliphatic heterocycles. The van der Waals surface area contributed by atoms with Crippen LogP contribution in [0.25, 0.3) is 0 Å². The van der Waals surface area contributed by atoms with E-state index in [0.29, 0.717) is 10.6 Å². The van der Waals surface area contributed by atoms with E-state index >= 15 is 0 Å². The molecule has 8 heteroatoms. The first-order chi connectivity index (χ1) is 13.4. The molecule has 0 aliphatic rings. The summed E-state index contributed by atoms with van der Waals surface area (Å²) in [6, 6.07) is 14.3. The topological polar surface area (TPSA) is 94.2 Å². The highest BCUT2D eigenvalue weighted by Gasteiger charge is 2.16. The molecular formula is C20H16ClN3O4. The molecule has 1 amide bonds. The fourth-order valence-corrected chi connectivity index (χ4v) is 2.89. The lowest BCUT2D eigenvalue weighted by molar-refractivity contribution is -0.384. The number of nitrogens with one attached hydrogen (secondary N) is 1. The first-order valence-corrected chi connectivity index (χ1v) is 8.74. The number of nitro groups is 1. The van der Waals surface area contributed by atoms with Crippen molar-refractivity contribution in [2.45, 2.75) is 13.5 Å². The summed E-state index contributed by atoms with van der Waals surface area (Å²) < 4.78 is 1.39. The van der Waals surface area contributed by atoms with Gasteiger partial charge in [0, 0.05) is 23.4 Å². The highest BCUT2D eigenvalue weighted by molar-refractivity contribution is 6.31.